The number of nitrogens with zero attached hydrogens (tertiary/aromatic N) is 8. The van der Waals surface area contributed by atoms with Crippen molar-refractivity contribution >= 4 is 63.3 Å². The van der Waals surface area contributed by atoms with Gasteiger partial charge in [-0.3, -0.25) is 29.6 Å². The van der Waals surface area contributed by atoms with Gasteiger partial charge >= 0.3 is 0 Å². The fourth-order valence-electron chi connectivity index (χ4n) is 6.16. The highest BCUT2D eigenvalue weighted by atomic mass is 32.2. The first-order valence-corrected chi connectivity index (χ1v) is 17.8. The van der Waals surface area contributed by atoms with E-state index in [9.17, 15) is 38.9 Å². The van der Waals surface area contributed by atoms with E-state index < -0.39 is 69.3 Å². The van der Waals surface area contributed by atoms with E-state index in [2.05, 4.69) is 41.4 Å². The highest BCUT2D eigenvalue weighted by Gasteiger charge is 2.54. The predicted octanol–water partition coefficient (Wildman–Crippen LogP) is -1.48. The van der Waals surface area contributed by atoms with Crippen LogP contribution >= 0.6 is 23.1 Å². The second-order valence-electron chi connectivity index (χ2n) is 12.9. The van der Waals surface area contributed by atoms with Gasteiger partial charge in [0.05, 0.1) is 49.2 Å². The van der Waals surface area contributed by atoms with Crippen LogP contribution in [0.2, 0.25) is 0 Å². The zero-order valence-electron chi connectivity index (χ0n) is 27.7. The van der Waals surface area contributed by atoms with E-state index in [4.69, 9.17) is 10.6 Å². The van der Waals surface area contributed by atoms with Crippen molar-refractivity contribution in [3.05, 3.63) is 46.0 Å². The molecule has 19 nitrogen and oxygen atoms in total. The fraction of sp³-hybridized carbons (Fsp3) is 0.433. The summed E-state index contributed by atoms with van der Waals surface area (Å²) in [5, 5.41) is 56.1. The van der Waals surface area contributed by atoms with E-state index in [1.807, 2.05) is 0 Å². The minimum Gasteiger partial charge on any atom is -0.546 e. The van der Waals surface area contributed by atoms with Crippen molar-refractivity contribution in [2.45, 2.75) is 43.7 Å². The molecular weight excluding hydrogens is 726 g/mol. The minimum absolute atomic E-state index is 0.0152. The van der Waals surface area contributed by atoms with Crippen molar-refractivity contribution in [3.63, 3.8) is 0 Å². The van der Waals surface area contributed by atoms with E-state index in [1.165, 1.54) is 35.9 Å². The van der Waals surface area contributed by atoms with Crippen molar-refractivity contribution in [1.82, 2.24) is 41.1 Å². The lowest BCUT2D eigenvalue weighted by Gasteiger charge is -2.51. The molecule has 0 bridgehead atoms. The van der Waals surface area contributed by atoms with E-state index >= 15 is 0 Å². The number of anilines is 1. The van der Waals surface area contributed by atoms with Gasteiger partial charge in [0.15, 0.2) is 27.9 Å². The number of phenols is 2. The molecule has 1 aromatic carbocycles. The number of thiazole rings is 1. The number of tetrazole rings is 1. The Bertz CT molecular complexity index is 1960. The molecule has 6 N–H and O–H groups in total. The number of thioether (sulfide) groups is 1. The third-order valence-corrected chi connectivity index (χ3v) is 10.9. The van der Waals surface area contributed by atoms with Crippen LogP contribution in [0, 0.1) is 5.82 Å². The number of hydrogen-bond donors (Lipinski definition) is 5. The number of hydrogen-bond acceptors (Lipinski definition) is 16. The van der Waals surface area contributed by atoms with Crippen molar-refractivity contribution in [1.29, 1.82) is 0 Å². The number of nitrogen functional groups attached to an aromatic ring is 1. The zero-order valence-corrected chi connectivity index (χ0v) is 29.4. The van der Waals surface area contributed by atoms with Gasteiger partial charge in [0.25, 0.3) is 17.7 Å². The quantitative estimate of drug-likeness (QED) is 0.0437. The van der Waals surface area contributed by atoms with Gasteiger partial charge in [-0.1, -0.05) is 5.16 Å². The molecule has 0 unspecified atom stereocenters. The van der Waals surface area contributed by atoms with Crippen LogP contribution in [0.4, 0.5) is 9.52 Å². The topological polar surface area (TPSA) is 272 Å². The summed E-state index contributed by atoms with van der Waals surface area (Å²) in [6.45, 7) is 5.01. The molecule has 0 spiro atoms. The number of phenolic OH excluding ortho intramolecular Hbond substituents is 2. The maximum absolute atomic E-state index is 14.3. The maximum atomic E-state index is 14.3. The lowest BCUT2D eigenvalue weighted by atomic mass is 10.0. The van der Waals surface area contributed by atoms with Crippen LogP contribution in [-0.4, -0.2) is 125 Å². The number of oxime groups is 1. The van der Waals surface area contributed by atoms with Crippen molar-refractivity contribution in [2.24, 2.45) is 5.16 Å². The Kier molecular flexibility index (Phi) is 10.1. The normalized spacial score (nSPS) is 19.9. The number of halogens is 1. The summed E-state index contributed by atoms with van der Waals surface area (Å²) in [7, 11) is 0. The predicted molar refractivity (Wildman–Crippen MR) is 179 cm³/mol. The van der Waals surface area contributed by atoms with Gasteiger partial charge in [-0.2, -0.15) is 5.21 Å². The van der Waals surface area contributed by atoms with Gasteiger partial charge in [0.1, 0.15) is 29.5 Å². The number of amides is 3. The number of carbonyl (C=O) groups is 4. The van der Waals surface area contributed by atoms with Crippen molar-refractivity contribution < 1.29 is 48.2 Å². The van der Waals surface area contributed by atoms with Gasteiger partial charge < -0.3 is 50.9 Å². The number of carboxylic acids is 1. The fourth-order valence-corrected chi connectivity index (χ4v) is 8.05. The van der Waals surface area contributed by atoms with Gasteiger partial charge in [-0.05, 0) is 19.9 Å². The number of aliphatic carboxylic acids is 1. The lowest BCUT2D eigenvalue weighted by Crippen LogP contribution is -2.70. The Morgan fingerprint density at radius 3 is 2.63 bits per heavy atom. The van der Waals surface area contributed by atoms with Crippen LogP contribution in [0.15, 0.2) is 28.2 Å². The summed E-state index contributed by atoms with van der Waals surface area (Å²) in [6, 6.07) is 0.510. The number of rotatable bonds is 13. The monoisotopic (exact) mass is 758 g/mol. The van der Waals surface area contributed by atoms with E-state index in [0.29, 0.717) is 35.1 Å². The Labute approximate surface area is 302 Å². The van der Waals surface area contributed by atoms with Gasteiger partial charge in [0.2, 0.25) is 0 Å². The SMILES string of the molecule is CC(C)(O/N=C(\C(=O)N[C@@H]1C(=O)N2C(c3nnn[n-]3)=C(C[N+]3(CCNC(=O)c4cc(O)c(O)cc4F)CCCC3)CS[C@H]12)c1csc(N)n1)C(=O)[O-]. The largest absolute Gasteiger partial charge is 0.546 e. The summed E-state index contributed by atoms with van der Waals surface area (Å²) >= 11 is 2.42. The molecule has 2 atom stereocenters. The second kappa shape index (κ2) is 14.3. The third kappa shape index (κ3) is 7.21. The maximum Gasteiger partial charge on any atom is 0.276 e. The highest BCUT2D eigenvalue weighted by Crippen LogP contribution is 2.44. The third-order valence-electron chi connectivity index (χ3n) is 8.92. The van der Waals surface area contributed by atoms with Crippen LogP contribution in [0.5, 0.6) is 11.5 Å². The average Bonchev–Trinajstić information content (AvgIpc) is 3.89. The molecule has 0 aliphatic carbocycles. The van der Waals surface area contributed by atoms with E-state index in [-0.39, 0.29) is 23.2 Å². The molecule has 52 heavy (non-hydrogen) atoms. The Balaban J connectivity index is 1.19. The molecule has 3 aromatic rings. The molecule has 276 valence electrons. The van der Waals surface area contributed by atoms with Crippen LogP contribution in [0.25, 0.3) is 5.70 Å². The number of fused-ring (bicyclic) bond motifs is 1. The van der Waals surface area contributed by atoms with Crippen LogP contribution in [-0.2, 0) is 19.2 Å². The molecule has 0 radical (unpaired) electrons. The van der Waals surface area contributed by atoms with Gasteiger partial charge in [0, 0.05) is 35.6 Å². The summed E-state index contributed by atoms with van der Waals surface area (Å²) < 4.78 is 14.9. The number of carbonyl (C=O) groups excluding carboxylic acids is 4. The average molecular weight is 759 g/mol. The second-order valence-corrected chi connectivity index (χ2v) is 14.9. The number of likely N-dealkylation sites (tertiary alicyclic amines) is 1. The lowest BCUT2D eigenvalue weighted by molar-refractivity contribution is -0.911. The Hall–Kier alpha value is -5.35. The minimum atomic E-state index is -1.89. The first-order valence-electron chi connectivity index (χ1n) is 15.9. The number of quaternary nitrogens is 1. The molecule has 5 heterocycles. The first kappa shape index (κ1) is 36.4. The molecule has 3 amide bonds. The van der Waals surface area contributed by atoms with Gasteiger partial charge in [-0.15, -0.1) is 23.1 Å². The molecule has 3 aliphatic heterocycles. The van der Waals surface area contributed by atoms with E-state index in [1.54, 1.807) is 0 Å². The number of nitrogens with one attached hydrogen (secondary N) is 2. The summed E-state index contributed by atoms with van der Waals surface area (Å²) in [5.74, 6) is -5.37. The number of β-lactam (4-membered cyclic amide) rings is 1. The summed E-state index contributed by atoms with van der Waals surface area (Å²) in [6.07, 6.45) is 1.83. The van der Waals surface area contributed by atoms with Crippen molar-refractivity contribution in [3.8, 4) is 11.5 Å². The zero-order chi connectivity index (χ0) is 37.4. The van der Waals surface area contributed by atoms with Crippen LogP contribution in [0.1, 0.15) is 48.6 Å². The van der Waals surface area contributed by atoms with Crippen molar-refractivity contribution in [2.75, 3.05) is 44.2 Å². The molecule has 2 fully saturated rings. The molecule has 0 saturated carbocycles. The smallest absolute Gasteiger partial charge is 0.276 e. The Morgan fingerprint density at radius 2 is 1.98 bits per heavy atom. The molecule has 2 aromatic heterocycles. The van der Waals surface area contributed by atoms with Crippen LogP contribution < -0.4 is 26.6 Å². The molecule has 6 rings (SSSR count). The summed E-state index contributed by atoms with van der Waals surface area (Å²) in [4.78, 5) is 62.2. The van der Waals surface area contributed by atoms with Gasteiger partial charge in [-0.25, -0.2) is 9.37 Å². The highest BCUT2D eigenvalue weighted by molar-refractivity contribution is 8.00. The number of aromatic nitrogens is 5. The molecule has 22 heteroatoms. The standard InChI is InChI=1S/C30H34FN11O8S2/c1-30(2,28(48)49)50-38-20(17-13-52-29(32)34-17)25(46)35-21-26(47)41-22(23-36-39-40-37-23)14(12-51-27(21)41)11-42(6-3-4-7-42)8-5-33-24(45)15-9-18(43)19(44)10-16(15)31/h9-10,13,21,27H,3-8,11-12H2,1-2H3,(H7-,32,33,34,35,36,37,38,39,40,43,44,45,46,48,49)/p-1/t21-,27-/m1/s1. The molecule has 3 aliphatic rings. The first-order chi connectivity index (χ1) is 24.7. The number of nitrogens with two attached hydrogens (primary N) is 1. The molecule has 2 saturated heterocycles. The Morgan fingerprint density at radius 1 is 1.25 bits per heavy atom. The molecular formula is C30H33FN11O8S2-. The number of carboxylic acid groups (broad SMARTS) is 1. The number of aromatic hydroxyl groups is 2. The number of benzene rings is 1. The van der Waals surface area contributed by atoms with Crippen LogP contribution in [0.3, 0.4) is 0 Å². The summed E-state index contributed by atoms with van der Waals surface area (Å²) in [5.41, 5.74) is 4.33. The van der Waals surface area contributed by atoms with E-state index in [0.717, 1.165) is 48.9 Å².